The standard InChI is InChI=1S/C19H23N3O5S/c1-12-5-6-15(10-18(12)28(24,25)22(3)4)20-13(2)19(23)21-14-7-8-16-17(9-14)27-11-26-16/h5-10,13,20H,11H2,1-4H3,(H,21,23)/t13-/m1/s1. The summed E-state index contributed by atoms with van der Waals surface area (Å²) in [6.07, 6.45) is 0. The first-order valence-electron chi connectivity index (χ1n) is 8.68. The molecule has 2 aromatic carbocycles. The van der Waals surface area contributed by atoms with Crippen LogP contribution in [-0.4, -0.2) is 45.6 Å². The van der Waals surface area contributed by atoms with Crippen molar-refractivity contribution >= 4 is 27.3 Å². The van der Waals surface area contributed by atoms with Crippen molar-refractivity contribution in [2.24, 2.45) is 0 Å². The minimum atomic E-state index is -3.57. The van der Waals surface area contributed by atoms with Gasteiger partial charge in [-0.05, 0) is 43.7 Å². The van der Waals surface area contributed by atoms with Crippen LogP contribution in [0.3, 0.4) is 0 Å². The number of aryl methyl sites for hydroxylation is 1. The number of amides is 1. The molecule has 1 atom stereocenters. The van der Waals surface area contributed by atoms with Crippen LogP contribution in [0.15, 0.2) is 41.3 Å². The van der Waals surface area contributed by atoms with Gasteiger partial charge in [-0.25, -0.2) is 12.7 Å². The molecule has 0 aliphatic carbocycles. The summed E-state index contributed by atoms with van der Waals surface area (Å²) < 4.78 is 36.6. The number of ether oxygens (including phenoxy) is 2. The predicted molar refractivity (Wildman–Crippen MR) is 106 cm³/mol. The van der Waals surface area contributed by atoms with E-state index in [4.69, 9.17) is 9.47 Å². The van der Waals surface area contributed by atoms with Gasteiger partial charge in [0.25, 0.3) is 0 Å². The molecule has 1 amide bonds. The Bertz CT molecular complexity index is 1000. The summed E-state index contributed by atoms with van der Waals surface area (Å²) in [5, 5.41) is 5.84. The molecule has 2 N–H and O–H groups in total. The van der Waals surface area contributed by atoms with Crippen LogP contribution < -0.4 is 20.1 Å². The number of nitrogens with zero attached hydrogens (tertiary/aromatic N) is 1. The maximum Gasteiger partial charge on any atom is 0.246 e. The van der Waals surface area contributed by atoms with E-state index in [2.05, 4.69) is 10.6 Å². The van der Waals surface area contributed by atoms with Gasteiger partial charge >= 0.3 is 0 Å². The fourth-order valence-corrected chi connectivity index (χ4v) is 3.85. The molecule has 2 aromatic rings. The van der Waals surface area contributed by atoms with Crippen molar-refractivity contribution in [1.29, 1.82) is 0 Å². The first-order chi connectivity index (χ1) is 13.2. The Labute approximate surface area is 164 Å². The third-order valence-corrected chi connectivity index (χ3v) is 6.32. The van der Waals surface area contributed by atoms with Crippen molar-refractivity contribution in [2.75, 3.05) is 31.5 Å². The van der Waals surface area contributed by atoms with Crippen LogP contribution in [-0.2, 0) is 14.8 Å². The second-order valence-electron chi connectivity index (χ2n) is 6.69. The van der Waals surface area contributed by atoms with E-state index in [0.29, 0.717) is 28.4 Å². The normalized spacial score (nSPS) is 14.0. The van der Waals surface area contributed by atoms with Crippen LogP contribution in [0.5, 0.6) is 11.5 Å². The van der Waals surface area contributed by atoms with E-state index in [0.717, 1.165) is 4.31 Å². The number of rotatable bonds is 6. The summed E-state index contributed by atoms with van der Waals surface area (Å²) in [5.74, 6) is 0.949. The zero-order valence-electron chi connectivity index (χ0n) is 16.1. The second kappa shape index (κ2) is 7.69. The Morgan fingerprint density at radius 3 is 2.46 bits per heavy atom. The Morgan fingerprint density at radius 1 is 1.07 bits per heavy atom. The van der Waals surface area contributed by atoms with Gasteiger partial charge < -0.3 is 20.1 Å². The van der Waals surface area contributed by atoms with Gasteiger partial charge in [-0.1, -0.05) is 6.07 Å². The highest BCUT2D eigenvalue weighted by atomic mass is 32.2. The van der Waals surface area contributed by atoms with Crippen molar-refractivity contribution in [3.05, 3.63) is 42.0 Å². The summed E-state index contributed by atoms with van der Waals surface area (Å²) in [5.41, 5.74) is 1.76. The Morgan fingerprint density at radius 2 is 1.75 bits per heavy atom. The number of hydrogen-bond acceptors (Lipinski definition) is 6. The van der Waals surface area contributed by atoms with Crippen LogP contribution in [0.4, 0.5) is 11.4 Å². The Balaban J connectivity index is 1.72. The largest absolute Gasteiger partial charge is 0.454 e. The first-order valence-corrected chi connectivity index (χ1v) is 10.1. The smallest absolute Gasteiger partial charge is 0.246 e. The molecule has 1 aliphatic rings. The predicted octanol–water partition coefficient (Wildman–Crippen LogP) is 2.41. The fourth-order valence-electron chi connectivity index (χ4n) is 2.70. The molecule has 3 rings (SSSR count). The molecule has 0 spiro atoms. The molecule has 0 saturated heterocycles. The van der Waals surface area contributed by atoms with E-state index in [9.17, 15) is 13.2 Å². The lowest BCUT2D eigenvalue weighted by Gasteiger charge is -2.18. The minimum absolute atomic E-state index is 0.163. The van der Waals surface area contributed by atoms with Crippen LogP contribution >= 0.6 is 0 Å². The molecule has 0 radical (unpaired) electrons. The molecule has 8 nitrogen and oxygen atoms in total. The molecule has 0 saturated carbocycles. The second-order valence-corrected chi connectivity index (χ2v) is 8.81. The monoisotopic (exact) mass is 405 g/mol. The van der Waals surface area contributed by atoms with Gasteiger partial charge in [0.1, 0.15) is 6.04 Å². The molecule has 150 valence electrons. The van der Waals surface area contributed by atoms with Crippen molar-refractivity contribution < 1.29 is 22.7 Å². The molecule has 0 unspecified atom stereocenters. The number of sulfonamides is 1. The number of fused-ring (bicyclic) bond motifs is 1. The van der Waals surface area contributed by atoms with E-state index in [1.54, 1.807) is 44.2 Å². The molecule has 0 aromatic heterocycles. The van der Waals surface area contributed by atoms with Gasteiger partial charge in [-0.15, -0.1) is 0 Å². The first kappa shape index (κ1) is 20.0. The summed E-state index contributed by atoms with van der Waals surface area (Å²) in [6, 6.07) is 9.55. The third kappa shape index (κ3) is 4.05. The van der Waals surface area contributed by atoms with E-state index in [-0.39, 0.29) is 17.6 Å². The van der Waals surface area contributed by atoms with E-state index >= 15 is 0 Å². The molecular weight excluding hydrogens is 382 g/mol. The van der Waals surface area contributed by atoms with Gasteiger partial charge in [0.2, 0.25) is 22.7 Å². The van der Waals surface area contributed by atoms with Crippen LogP contribution in [0.1, 0.15) is 12.5 Å². The number of nitrogens with one attached hydrogen (secondary N) is 2. The zero-order chi connectivity index (χ0) is 20.5. The highest BCUT2D eigenvalue weighted by molar-refractivity contribution is 7.89. The van der Waals surface area contributed by atoms with Gasteiger partial charge in [-0.2, -0.15) is 0 Å². The SMILES string of the molecule is Cc1ccc(N[C@H](C)C(=O)Nc2ccc3c(c2)OCO3)cc1S(=O)(=O)N(C)C. The van der Waals surface area contributed by atoms with Gasteiger partial charge in [-0.3, -0.25) is 4.79 Å². The van der Waals surface area contributed by atoms with Crippen LogP contribution in [0.25, 0.3) is 0 Å². The molecule has 28 heavy (non-hydrogen) atoms. The number of anilines is 2. The highest BCUT2D eigenvalue weighted by Gasteiger charge is 2.21. The van der Waals surface area contributed by atoms with Crippen molar-refractivity contribution in [1.82, 2.24) is 4.31 Å². The highest BCUT2D eigenvalue weighted by Crippen LogP contribution is 2.34. The quantitative estimate of drug-likeness (QED) is 0.766. The lowest BCUT2D eigenvalue weighted by molar-refractivity contribution is -0.116. The molecule has 0 bridgehead atoms. The van der Waals surface area contributed by atoms with Crippen molar-refractivity contribution in [3.8, 4) is 11.5 Å². The maximum absolute atomic E-state index is 12.5. The average Bonchev–Trinajstić information content (AvgIpc) is 3.10. The summed E-state index contributed by atoms with van der Waals surface area (Å²) in [4.78, 5) is 12.7. The van der Waals surface area contributed by atoms with Gasteiger partial charge in [0.05, 0.1) is 4.90 Å². The zero-order valence-corrected chi connectivity index (χ0v) is 17.0. The van der Waals surface area contributed by atoms with E-state index < -0.39 is 16.1 Å². The van der Waals surface area contributed by atoms with Crippen LogP contribution in [0.2, 0.25) is 0 Å². The topological polar surface area (TPSA) is 97.0 Å². The molecule has 9 heteroatoms. The Hall–Kier alpha value is -2.78. The minimum Gasteiger partial charge on any atom is -0.454 e. The number of benzene rings is 2. The van der Waals surface area contributed by atoms with Gasteiger partial charge in [0, 0.05) is 31.5 Å². The van der Waals surface area contributed by atoms with E-state index in [1.807, 2.05) is 0 Å². The Kier molecular flexibility index (Phi) is 5.48. The molecular formula is C19H23N3O5S. The maximum atomic E-state index is 12.5. The van der Waals surface area contributed by atoms with E-state index in [1.165, 1.54) is 20.2 Å². The summed E-state index contributed by atoms with van der Waals surface area (Å²) >= 11 is 0. The lowest BCUT2D eigenvalue weighted by Crippen LogP contribution is -2.32. The van der Waals surface area contributed by atoms with Crippen molar-refractivity contribution in [3.63, 3.8) is 0 Å². The average molecular weight is 405 g/mol. The summed E-state index contributed by atoms with van der Waals surface area (Å²) in [6.45, 7) is 3.59. The number of hydrogen-bond donors (Lipinski definition) is 2. The number of carbonyl (C=O) groups excluding carboxylic acids is 1. The molecule has 0 fully saturated rings. The summed E-state index contributed by atoms with van der Waals surface area (Å²) in [7, 11) is -0.609. The van der Waals surface area contributed by atoms with Crippen LogP contribution in [0, 0.1) is 6.92 Å². The fraction of sp³-hybridized carbons (Fsp3) is 0.316. The molecule has 1 heterocycles. The van der Waals surface area contributed by atoms with Crippen molar-refractivity contribution in [2.45, 2.75) is 24.8 Å². The van der Waals surface area contributed by atoms with Gasteiger partial charge in [0.15, 0.2) is 11.5 Å². The number of carbonyl (C=O) groups is 1. The third-order valence-electron chi connectivity index (χ3n) is 4.36. The molecule has 1 aliphatic heterocycles. The lowest BCUT2D eigenvalue weighted by atomic mass is 10.2.